The van der Waals surface area contributed by atoms with Gasteiger partial charge in [0.25, 0.3) is 5.56 Å². The van der Waals surface area contributed by atoms with E-state index in [-0.39, 0.29) is 11.2 Å². The number of nitrogen functional groups attached to an aromatic ring is 1. The Morgan fingerprint density at radius 2 is 2.05 bits per heavy atom. The largest absolute Gasteiger partial charge is 0.496 e. The summed E-state index contributed by atoms with van der Waals surface area (Å²) < 4.78 is 6.92. The predicted molar refractivity (Wildman–Crippen MR) is 77.8 cm³/mol. The maximum absolute atomic E-state index is 12.0. The summed E-state index contributed by atoms with van der Waals surface area (Å²) in [5.41, 5.74) is 7.18. The lowest BCUT2D eigenvalue weighted by Crippen LogP contribution is -2.23. The molecule has 0 aliphatic carbocycles. The van der Waals surface area contributed by atoms with Crippen LogP contribution in [0.3, 0.4) is 0 Å². The zero-order chi connectivity index (χ0) is 14.0. The number of hydrogen-bond donors (Lipinski definition) is 1. The van der Waals surface area contributed by atoms with Gasteiger partial charge in [-0.2, -0.15) is 0 Å². The number of aromatic nitrogens is 1. The summed E-state index contributed by atoms with van der Waals surface area (Å²) in [6.07, 6.45) is 0. The van der Waals surface area contributed by atoms with Crippen LogP contribution in [0.15, 0.2) is 35.1 Å². The molecule has 0 fully saturated rings. The normalized spacial score (nSPS) is 10.5. The van der Waals surface area contributed by atoms with Crippen molar-refractivity contribution in [2.75, 3.05) is 12.8 Å². The van der Waals surface area contributed by atoms with Gasteiger partial charge < -0.3 is 15.0 Å². The molecule has 0 amide bonds. The lowest BCUT2D eigenvalue weighted by Gasteiger charge is -2.15. The van der Waals surface area contributed by atoms with E-state index < -0.39 is 0 Å². The maximum atomic E-state index is 12.0. The molecule has 0 spiro atoms. The number of pyridine rings is 1. The van der Waals surface area contributed by atoms with Crippen LogP contribution in [0.1, 0.15) is 6.92 Å². The number of nitrogens with two attached hydrogens (primary N) is 1. The summed E-state index contributed by atoms with van der Waals surface area (Å²) in [5.74, 6) is 0.663. The van der Waals surface area contributed by atoms with Crippen LogP contribution in [0.2, 0.25) is 5.02 Å². The van der Waals surface area contributed by atoms with Crippen molar-refractivity contribution in [2.24, 2.45) is 0 Å². The van der Waals surface area contributed by atoms with Gasteiger partial charge in [-0.05, 0) is 37.3 Å². The van der Waals surface area contributed by atoms with Gasteiger partial charge in [0.1, 0.15) is 5.75 Å². The monoisotopic (exact) mass is 278 g/mol. The van der Waals surface area contributed by atoms with Crippen LogP contribution in [0.25, 0.3) is 11.3 Å². The van der Waals surface area contributed by atoms with Gasteiger partial charge in [-0.1, -0.05) is 11.6 Å². The standard InChI is InChI=1S/C14H15ClN2O2/c1-3-17-12(6-5-11(16)14(17)18)10-8-9(15)4-7-13(10)19-2/h4-8H,3,16H2,1-2H3. The Labute approximate surface area is 116 Å². The number of methoxy groups -OCH3 is 1. The van der Waals surface area contributed by atoms with Crippen molar-refractivity contribution in [2.45, 2.75) is 13.5 Å². The third-order valence-corrected chi connectivity index (χ3v) is 3.19. The fraction of sp³-hybridized carbons (Fsp3) is 0.214. The Morgan fingerprint density at radius 1 is 1.32 bits per heavy atom. The maximum Gasteiger partial charge on any atom is 0.274 e. The fourth-order valence-electron chi connectivity index (χ4n) is 2.02. The van der Waals surface area contributed by atoms with E-state index in [4.69, 9.17) is 22.1 Å². The Bertz CT molecular complexity index is 665. The second kappa shape index (κ2) is 5.36. The smallest absolute Gasteiger partial charge is 0.274 e. The second-order valence-electron chi connectivity index (χ2n) is 4.07. The van der Waals surface area contributed by atoms with Gasteiger partial charge in [0.15, 0.2) is 0 Å². The molecule has 1 aromatic heterocycles. The topological polar surface area (TPSA) is 57.2 Å². The van der Waals surface area contributed by atoms with Crippen molar-refractivity contribution < 1.29 is 4.74 Å². The van der Waals surface area contributed by atoms with Crippen LogP contribution in [-0.4, -0.2) is 11.7 Å². The van der Waals surface area contributed by atoms with Crippen molar-refractivity contribution >= 4 is 17.3 Å². The first-order valence-corrected chi connectivity index (χ1v) is 6.29. The molecule has 100 valence electrons. The van der Waals surface area contributed by atoms with E-state index in [0.29, 0.717) is 17.3 Å². The van der Waals surface area contributed by atoms with Gasteiger partial charge in [0.05, 0.1) is 18.5 Å². The molecule has 0 aliphatic heterocycles. The van der Waals surface area contributed by atoms with Gasteiger partial charge in [-0.3, -0.25) is 4.79 Å². The first kappa shape index (κ1) is 13.5. The molecule has 0 unspecified atom stereocenters. The van der Waals surface area contributed by atoms with Crippen LogP contribution < -0.4 is 16.0 Å². The summed E-state index contributed by atoms with van der Waals surface area (Å²) in [7, 11) is 1.58. The molecule has 1 aromatic carbocycles. The lowest BCUT2D eigenvalue weighted by molar-refractivity contribution is 0.416. The third-order valence-electron chi connectivity index (χ3n) is 2.96. The zero-order valence-corrected chi connectivity index (χ0v) is 11.6. The molecular weight excluding hydrogens is 264 g/mol. The van der Waals surface area contributed by atoms with Crippen LogP contribution >= 0.6 is 11.6 Å². The minimum Gasteiger partial charge on any atom is -0.496 e. The molecule has 2 N–H and O–H groups in total. The Morgan fingerprint density at radius 3 is 2.68 bits per heavy atom. The van der Waals surface area contributed by atoms with E-state index in [1.54, 1.807) is 42.0 Å². The van der Waals surface area contributed by atoms with Crippen LogP contribution in [0.5, 0.6) is 5.75 Å². The van der Waals surface area contributed by atoms with Crippen molar-refractivity contribution in [1.82, 2.24) is 4.57 Å². The summed E-state index contributed by atoms with van der Waals surface area (Å²) in [5, 5.41) is 0.586. The van der Waals surface area contributed by atoms with Gasteiger partial charge >= 0.3 is 0 Å². The van der Waals surface area contributed by atoms with Crippen LogP contribution in [0.4, 0.5) is 5.69 Å². The molecule has 0 atom stereocenters. The van der Waals surface area contributed by atoms with E-state index in [1.165, 1.54) is 0 Å². The molecule has 2 rings (SSSR count). The third kappa shape index (κ3) is 2.44. The van der Waals surface area contributed by atoms with Crippen molar-refractivity contribution in [3.05, 3.63) is 45.7 Å². The number of hydrogen-bond acceptors (Lipinski definition) is 3. The van der Waals surface area contributed by atoms with Crippen LogP contribution in [0, 0.1) is 0 Å². The Kier molecular flexibility index (Phi) is 3.81. The fourth-order valence-corrected chi connectivity index (χ4v) is 2.20. The minimum absolute atomic E-state index is 0.206. The first-order chi connectivity index (χ1) is 9.08. The zero-order valence-electron chi connectivity index (χ0n) is 10.8. The number of benzene rings is 1. The number of anilines is 1. The average molecular weight is 279 g/mol. The number of nitrogens with zero attached hydrogens (tertiary/aromatic N) is 1. The molecule has 1 heterocycles. The molecule has 0 saturated heterocycles. The molecule has 0 aliphatic rings. The molecule has 4 nitrogen and oxygen atoms in total. The molecule has 0 radical (unpaired) electrons. The first-order valence-electron chi connectivity index (χ1n) is 5.91. The number of ether oxygens (including phenoxy) is 1. The SMILES string of the molecule is CCn1c(-c2cc(Cl)ccc2OC)ccc(N)c1=O. The molecule has 19 heavy (non-hydrogen) atoms. The molecule has 0 bridgehead atoms. The van der Waals surface area contributed by atoms with E-state index in [1.807, 2.05) is 6.92 Å². The van der Waals surface area contributed by atoms with Crippen LogP contribution in [-0.2, 0) is 6.54 Å². The van der Waals surface area contributed by atoms with Gasteiger partial charge in [0.2, 0.25) is 0 Å². The summed E-state index contributed by atoms with van der Waals surface area (Å²) in [6, 6.07) is 8.70. The van der Waals surface area contributed by atoms with E-state index in [2.05, 4.69) is 0 Å². The summed E-state index contributed by atoms with van der Waals surface area (Å²) in [4.78, 5) is 12.0. The highest BCUT2D eigenvalue weighted by atomic mass is 35.5. The highest BCUT2D eigenvalue weighted by molar-refractivity contribution is 6.30. The average Bonchev–Trinajstić information content (AvgIpc) is 2.41. The Balaban J connectivity index is 2.75. The van der Waals surface area contributed by atoms with Crippen molar-refractivity contribution in [3.63, 3.8) is 0 Å². The van der Waals surface area contributed by atoms with Crippen molar-refractivity contribution in [3.8, 4) is 17.0 Å². The van der Waals surface area contributed by atoms with Gasteiger partial charge in [-0.15, -0.1) is 0 Å². The number of halogens is 1. The van der Waals surface area contributed by atoms with Gasteiger partial charge in [-0.25, -0.2) is 0 Å². The van der Waals surface area contributed by atoms with E-state index in [0.717, 1.165) is 11.3 Å². The summed E-state index contributed by atoms with van der Waals surface area (Å²) >= 11 is 6.02. The summed E-state index contributed by atoms with van der Waals surface area (Å²) in [6.45, 7) is 2.41. The highest BCUT2D eigenvalue weighted by Gasteiger charge is 2.12. The molecule has 2 aromatic rings. The van der Waals surface area contributed by atoms with Gasteiger partial charge in [0, 0.05) is 17.1 Å². The number of rotatable bonds is 3. The molecular formula is C14H15ClN2O2. The molecule has 0 saturated carbocycles. The van der Waals surface area contributed by atoms with E-state index in [9.17, 15) is 4.79 Å². The van der Waals surface area contributed by atoms with Crippen molar-refractivity contribution in [1.29, 1.82) is 0 Å². The Hall–Kier alpha value is -1.94. The van der Waals surface area contributed by atoms with E-state index >= 15 is 0 Å². The molecule has 5 heteroatoms. The quantitative estimate of drug-likeness (QED) is 0.939. The lowest BCUT2D eigenvalue weighted by atomic mass is 10.1. The second-order valence-corrected chi connectivity index (χ2v) is 4.50. The highest BCUT2D eigenvalue weighted by Crippen LogP contribution is 2.32. The predicted octanol–water partition coefficient (Wildman–Crippen LogP) is 2.78. The minimum atomic E-state index is -0.206.